The van der Waals surface area contributed by atoms with E-state index in [-0.39, 0.29) is 5.04 Å². The van der Waals surface area contributed by atoms with Gasteiger partial charge in [-0.2, -0.15) is 0 Å². The van der Waals surface area contributed by atoms with E-state index in [1.54, 1.807) is 4.90 Å². The third-order valence-electron chi connectivity index (χ3n) is 6.77. The zero-order chi connectivity index (χ0) is 29.3. The quantitative estimate of drug-likeness (QED) is 0.321. The predicted octanol–water partition coefficient (Wildman–Crippen LogP) is 6.18. The fourth-order valence-corrected chi connectivity index (χ4v) is 10.3. The molecule has 0 spiro atoms. The molecule has 212 valence electrons. The van der Waals surface area contributed by atoms with Crippen molar-refractivity contribution in [3.63, 3.8) is 0 Å². The van der Waals surface area contributed by atoms with Crippen LogP contribution in [0, 0.1) is 11.5 Å². The van der Waals surface area contributed by atoms with E-state index in [0.717, 1.165) is 0 Å². The van der Waals surface area contributed by atoms with E-state index in [9.17, 15) is 4.79 Å². The predicted molar refractivity (Wildman–Crippen MR) is 166 cm³/mol. The Hall–Kier alpha value is -2.38. The first-order valence-corrected chi connectivity index (χ1v) is 19.3. The van der Waals surface area contributed by atoms with E-state index in [1.807, 2.05) is 46.8 Å². The Morgan fingerprint density at radius 2 is 1.44 bits per heavy atom. The van der Waals surface area contributed by atoms with Crippen LogP contribution in [-0.2, 0) is 13.9 Å². The summed E-state index contributed by atoms with van der Waals surface area (Å²) < 4.78 is 19.6. The SMILES string of the molecule is CC(C)(C)OC(=O)N1C(C(C#C[Si](C)(C)C)O[Si](c2ccccc2)(c2ccccc2)C(C)(C)C)COC1(C)C. The number of rotatable bonds is 5. The van der Waals surface area contributed by atoms with E-state index < -0.39 is 46.0 Å². The monoisotopic (exact) mass is 565 g/mol. The summed E-state index contributed by atoms with van der Waals surface area (Å²) >= 11 is 0. The molecule has 39 heavy (non-hydrogen) atoms. The molecule has 1 saturated heterocycles. The highest BCUT2D eigenvalue weighted by Crippen LogP contribution is 2.40. The molecule has 1 amide bonds. The highest BCUT2D eigenvalue weighted by molar-refractivity contribution is 6.99. The molecule has 1 heterocycles. The van der Waals surface area contributed by atoms with Crippen LogP contribution in [0.2, 0.25) is 24.7 Å². The number of hydrogen-bond donors (Lipinski definition) is 0. The molecule has 1 fully saturated rings. The fourth-order valence-electron chi connectivity index (χ4n) is 5.10. The van der Waals surface area contributed by atoms with Crippen LogP contribution in [-0.4, -0.2) is 57.5 Å². The minimum atomic E-state index is -2.96. The first-order chi connectivity index (χ1) is 17.9. The number of carbonyl (C=O) groups is 1. The summed E-state index contributed by atoms with van der Waals surface area (Å²) in [5, 5.41) is 2.11. The molecule has 2 aromatic carbocycles. The lowest BCUT2D eigenvalue weighted by atomic mass is 10.1. The lowest BCUT2D eigenvalue weighted by molar-refractivity contribution is -0.0653. The van der Waals surface area contributed by atoms with Crippen molar-refractivity contribution >= 4 is 32.9 Å². The number of benzene rings is 2. The normalized spacial score (nSPS) is 18.7. The van der Waals surface area contributed by atoms with Gasteiger partial charge in [-0.25, -0.2) is 4.79 Å². The Bertz CT molecular complexity index is 1140. The van der Waals surface area contributed by atoms with Crippen LogP contribution in [0.25, 0.3) is 0 Å². The number of ether oxygens (including phenoxy) is 2. The molecule has 2 aromatic rings. The van der Waals surface area contributed by atoms with Gasteiger partial charge in [-0.1, -0.05) is 107 Å². The van der Waals surface area contributed by atoms with Crippen molar-refractivity contribution in [1.82, 2.24) is 4.90 Å². The Kier molecular flexibility index (Phi) is 8.98. The zero-order valence-corrected chi connectivity index (χ0v) is 27.7. The molecule has 0 aliphatic carbocycles. The number of hydrogen-bond acceptors (Lipinski definition) is 4. The van der Waals surface area contributed by atoms with Crippen LogP contribution < -0.4 is 10.4 Å². The molecule has 2 atom stereocenters. The molecule has 0 aromatic heterocycles. The maximum absolute atomic E-state index is 13.6. The van der Waals surface area contributed by atoms with E-state index in [0.29, 0.717) is 6.61 Å². The van der Waals surface area contributed by atoms with Crippen molar-refractivity contribution in [2.45, 2.75) is 104 Å². The summed E-state index contributed by atoms with van der Waals surface area (Å²) in [5.41, 5.74) is 2.06. The standard InChI is InChI=1S/C32H47NO4Si2/c1-30(2,3)36-29(34)33-27(24-35-32(33,7)8)28(22-23-38(9,10)11)37-39(31(4,5)6,25-18-14-12-15-19-25)26-20-16-13-17-21-26/h12-21,27-28H,24H2,1-11H3. The van der Waals surface area contributed by atoms with Gasteiger partial charge in [-0.3, -0.25) is 4.90 Å². The Balaban J connectivity index is 2.25. The van der Waals surface area contributed by atoms with Gasteiger partial charge in [-0.15, -0.1) is 5.54 Å². The van der Waals surface area contributed by atoms with Crippen LogP contribution >= 0.6 is 0 Å². The van der Waals surface area contributed by atoms with Crippen molar-refractivity contribution in [1.29, 1.82) is 0 Å². The van der Waals surface area contributed by atoms with Gasteiger partial charge in [0.05, 0.1) is 12.6 Å². The van der Waals surface area contributed by atoms with E-state index >= 15 is 0 Å². The summed E-state index contributed by atoms with van der Waals surface area (Å²) in [4.78, 5) is 15.3. The minimum Gasteiger partial charge on any atom is -0.444 e. The van der Waals surface area contributed by atoms with Crippen LogP contribution in [0.3, 0.4) is 0 Å². The average molecular weight is 566 g/mol. The third kappa shape index (κ3) is 7.23. The summed E-state index contributed by atoms with van der Waals surface area (Å²) in [5.74, 6) is 3.55. The lowest BCUT2D eigenvalue weighted by Crippen LogP contribution is -2.69. The Morgan fingerprint density at radius 1 is 0.949 bits per heavy atom. The lowest BCUT2D eigenvalue weighted by Gasteiger charge is -2.46. The van der Waals surface area contributed by atoms with Gasteiger partial charge in [0.15, 0.2) is 0 Å². The van der Waals surface area contributed by atoms with Gasteiger partial charge in [-0.05, 0) is 50.0 Å². The second-order valence-electron chi connectivity index (χ2n) is 13.9. The summed E-state index contributed by atoms with van der Waals surface area (Å²) in [6.07, 6.45) is -0.988. The number of nitrogens with zero attached hydrogens (tertiary/aromatic N) is 1. The minimum absolute atomic E-state index is 0.236. The smallest absolute Gasteiger partial charge is 0.413 e. The molecule has 5 nitrogen and oxygen atoms in total. The van der Waals surface area contributed by atoms with Crippen LogP contribution in [0.4, 0.5) is 4.79 Å². The molecule has 1 aliphatic heterocycles. The highest BCUT2D eigenvalue weighted by Gasteiger charge is 2.55. The van der Waals surface area contributed by atoms with Crippen molar-refractivity contribution in [3.8, 4) is 11.5 Å². The number of amides is 1. The van der Waals surface area contributed by atoms with Crippen molar-refractivity contribution < 1.29 is 18.7 Å². The van der Waals surface area contributed by atoms with Gasteiger partial charge >= 0.3 is 6.09 Å². The zero-order valence-electron chi connectivity index (χ0n) is 25.7. The topological polar surface area (TPSA) is 48.0 Å². The van der Waals surface area contributed by atoms with Crippen molar-refractivity contribution in [3.05, 3.63) is 60.7 Å². The van der Waals surface area contributed by atoms with E-state index in [4.69, 9.17) is 13.9 Å². The maximum atomic E-state index is 13.6. The van der Waals surface area contributed by atoms with E-state index in [1.165, 1.54) is 10.4 Å². The third-order valence-corrected chi connectivity index (χ3v) is 12.7. The molecule has 0 saturated carbocycles. The largest absolute Gasteiger partial charge is 0.444 e. The Labute approximate surface area is 238 Å². The summed E-state index contributed by atoms with van der Waals surface area (Å²) in [7, 11) is -4.73. The van der Waals surface area contributed by atoms with Crippen LogP contribution in [0.15, 0.2) is 60.7 Å². The molecule has 3 rings (SSSR count). The molecule has 0 radical (unpaired) electrons. The second-order valence-corrected chi connectivity index (χ2v) is 22.9. The highest BCUT2D eigenvalue weighted by atomic mass is 28.4. The van der Waals surface area contributed by atoms with Gasteiger partial charge in [0.2, 0.25) is 0 Å². The fraction of sp³-hybridized carbons (Fsp3) is 0.531. The molecule has 0 N–H and O–H groups in total. The first kappa shape index (κ1) is 31.2. The second kappa shape index (κ2) is 11.2. The summed E-state index contributed by atoms with van der Waals surface area (Å²) in [6, 6.07) is 20.6. The molecular formula is C32H47NO4Si2. The molecular weight excluding hydrogens is 519 g/mol. The summed E-state index contributed by atoms with van der Waals surface area (Å²) in [6.45, 7) is 23.2. The average Bonchev–Trinajstić information content (AvgIpc) is 3.13. The van der Waals surface area contributed by atoms with Crippen LogP contribution in [0.1, 0.15) is 55.4 Å². The van der Waals surface area contributed by atoms with Gasteiger partial charge in [0.25, 0.3) is 8.32 Å². The molecule has 1 aliphatic rings. The van der Waals surface area contributed by atoms with Crippen molar-refractivity contribution in [2.75, 3.05) is 6.61 Å². The van der Waals surface area contributed by atoms with Crippen LogP contribution in [0.5, 0.6) is 0 Å². The molecule has 7 heteroatoms. The van der Waals surface area contributed by atoms with Gasteiger partial charge in [0.1, 0.15) is 25.5 Å². The van der Waals surface area contributed by atoms with Crippen molar-refractivity contribution in [2.24, 2.45) is 0 Å². The van der Waals surface area contributed by atoms with Gasteiger partial charge < -0.3 is 13.9 Å². The Morgan fingerprint density at radius 3 is 1.85 bits per heavy atom. The maximum Gasteiger partial charge on any atom is 0.413 e. The van der Waals surface area contributed by atoms with Gasteiger partial charge in [0, 0.05) is 0 Å². The number of carbonyl (C=O) groups excluding carboxylic acids is 1. The van der Waals surface area contributed by atoms with E-state index in [2.05, 4.69) is 100 Å². The molecule has 2 unspecified atom stereocenters. The molecule has 0 bridgehead atoms. The first-order valence-electron chi connectivity index (χ1n) is 13.9.